The highest BCUT2D eigenvalue weighted by atomic mass is 16.6. The Morgan fingerprint density at radius 2 is 1.76 bits per heavy atom. The number of hydrogen-bond acceptors (Lipinski definition) is 5. The molecule has 0 aromatic heterocycles. The third kappa shape index (κ3) is 4.35. The van der Waals surface area contributed by atoms with Crippen molar-refractivity contribution in [1.82, 2.24) is 0 Å². The van der Waals surface area contributed by atoms with Crippen LogP contribution in [0.25, 0.3) is 0 Å². The van der Waals surface area contributed by atoms with Gasteiger partial charge in [0.05, 0.1) is 5.56 Å². The van der Waals surface area contributed by atoms with Gasteiger partial charge in [-0.15, -0.1) is 0 Å². The van der Waals surface area contributed by atoms with Gasteiger partial charge in [-0.05, 0) is 56.0 Å². The van der Waals surface area contributed by atoms with Crippen LogP contribution in [0.2, 0.25) is 0 Å². The molecular weight excluding hydrogens is 318 g/mol. The second kappa shape index (κ2) is 6.47. The first kappa shape index (κ1) is 18.9. The Hall–Kier alpha value is -2.43. The summed E-state index contributed by atoms with van der Waals surface area (Å²) in [6.07, 6.45) is 0.269. The predicted octanol–water partition coefficient (Wildman–Crippen LogP) is 3.55. The topological polar surface area (TPSA) is 72.5 Å². The van der Waals surface area contributed by atoms with Crippen LogP contribution in [0.5, 0.6) is 0 Å². The number of carbonyl (C=O) groups excluding carboxylic acids is 3. The monoisotopic (exact) mass is 343 g/mol. The molecule has 1 unspecified atom stereocenters. The highest BCUT2D eigenvalue weighted by molar-refractivity contribution is 6.18. The van der Waals surface area contributed by atoms with Crippen LogP contribution in [-0.4, -0.2) is 29.2 Å². The van der Waals surface area contributed by atoms with E-state index < -0.39 is 23.0 Å². The number of ketones is 2. The lowest BCUT2D eigenvalue weighted by Crippen LogP contribution is -2.47. The van der Waals surface area contributed by atoms with Crippen molar-refractivity contribution in [1.29, 1.82) is 0 Å². The zero-order chi connectivity index (χ0) is 19.0. The molecule has 134 valence electrons. The van der Waals surface area contributed by atoms with Gasteiger partial charge in [0.1, 0.15) is 11.6 Å². The molecule has 0 aliphatic heterocycles. The zero-order valence-electron chi connectivity index (χ0n) is 15.4. The van der Waals surface area contributed by atoms with Crippen molar-refractivity contribution in [3.63, 3.8) is 0 Å². The molecule has 1 fully saturated rings. The smallest absolute Gasteiger partial charge is 0.338 e. The summed E-state index contributed by atoms with van der Waals surface area (Å²) in [7, 11) is 0. The van der Waals surface area contributed by atoms with Gasteiger partial charge in [0, 0.05) is 12.1 Å². The van der Waals surface area contributed by atoms with Crippen LogP contribution in [0.1, 0.15) is 51.4 Å². The second-order valence-electron chi connectivity index (χ2n) is 8.03. The molecule has 2 rings (SSSR count). The van der Waals surface area contributed by atoms with E-state index in [1.165, 1.54) is 0 Å². The maximum Gasteiger partial charge on any atom is 0.338 e. The summed E-state index contributed by atoms with van der Waals surface area (Å²) in [5.74, 6) is -0.852. The molecule has 1 aliphatic carbocycles. The maximum atomic E-state index is 12.4. The number of anilines is 1. The van der Waals surface area contributed by atoms with Crippen LogP contribution in [0.15, 0.2) is 36.4 Å². The normalized spacial score (nSPS) is 20.4. The van der Waals surface area contributed by atoms with E-state index in [1.54, 1.807) is 45.0 Å². The van der Waals surface area contributed by atoms with E-state index in [0.717, 1.165) is 0 Å². The molecular formula is C20H25NO4. The fraction of sp³-hybridized carbons (Fsp3) is 0.450. The summed E-state index contributed by atoms with van der Waals surface area (Å²) in [6.45, 7) is 12.9. The molecule has 0 spiro atoms. The zero-order valence-corrected chi connectivity index (χ0v) is 15.4. The summed E-state index contributed by atoms with van der Waals surface area (Å²) in [4.78, 5) is 36.8. The van der Waals surface area contributed by atoms with E-state index in [4.69, 9.17) is 4.74 Å². The van der Waals surface area contributed by atoms with Crippen LogP contribution in [0.4, 0.5) is 5.69 Å². The number of ether oxygens (including phenoxy) is 1. The fourth-order valence-electron chi connectivity index (χ4n) is 2.65. The summed E-state index contributed by atoms with van der Waals surface area (Å²) in [5.41, 5.74) is 0.378. The van der Waals surface area contributed by atoms with E-state index in [1.807, 2.05) is 13.8 Å². The molecule has 1 aliphatic rings. The lowest BCUT2D eigenvalue weighted by Gasteiger charge is -2.34. The Morgan fingerprint density at radius 3 is 2.28 bits per heavy atom. The largest absolute Gasteiger partial charge is 0.456 e. The number of hydrogen-bond donors (Lipinski definition) is 1. The van der Waals surface area contributed by atoms with Gasteiger partial charge in [0.25, 0.3) is 0 Å². The van der Waals surface area contributed by atoms with Crippen molar-refractivity contribution in [2.75, 3.05) is 5.32 Å². The molecule has 25 heavy (non-hydrogen) atoms. The molecule has 1 aromatic rings. The first-order chi connectivity index (χ1) is 11.4. The first-order valence-electron chi connectivity index (χ1n) is 8.27. The van der Waals surface area contributed by atoms with Crippen molar-refractivity contribution in [2.24, 2.45) is 5.41 Å². The third-order valence-corrected chi connectivity index (χ3v) is 4.15. The summed E-state index contributed by atoms with van der Waals surface area (Å²) < 4.78 is 5.31. The van der Waals surface area contributed by atoms with E-state index in [0.29, 0.717) is 16.8 Å². The number of Topliss-reactive ketones (excluding diaryl/α,β-unsaturated/α-hetero) is 2. The van der Waals surface area contributed by atoms with Crippen molar-refractivity contribution in [2.45, 2.75) is 52.7 Å². The lowest BCUT2D eigenvalue weighted by atomic mass is 9.71. The molecule has 1 N–H and O–H groups in total. The highest BCUT2D eigenvalue weighted by Gasteiger charge is 2.42. The molecule has 1 saturated carbocycles. The number of carbonyl (C=O) groups is 3. The van der Waals surface area contributed by atoms with E-state index in [-0.39, 0.29) is 18.0 Å². The summed E-state index contributed by atoms with van der Waals surface area (Å²) >= 11 is 0. The van der Waals surface area contributed by atoms with Gasteiger partial charge in [-0.1, -0.05) is 20.4 Å². The van der Waals surface area contributed by atoms with Crippen LogP contribution < -0.4 is 5.32 Å². The Labute approximate surface area is 148 Å². The van der Waals surface area contributed by atoms with Gasteiger partial charge >= 0.3 is 5.97 Å². The van der Waals surface area contributed by atoms with E-state index in [2.05, 4.69) is 11.9 Å². The maximum absolute atomic E-state index is 12.4. The molecule has 0 radical (unpaired) electrons. The Balaban J connectivity index is 2.11. The van der Waals surface area contributed by atoms with Gasteiger partial charge in [0.15, 0.2) is 11.6 Å². The lowest BCUT2D eigenvalue weighted by molar-refractivity contribution is -0.130. The van der Waals surface area contributed by atoms with Gasteiger partial charge in [-0.3, -0.25) is 9.59 Å². The summed E-state index contributed by atoms with van der Waals surface area (Å²) in [6, 6.07) is 5.60. The van der Waals surface area contributed by atoms with Crippen molar-refractivity contribution in [3.8, 4) is 0 Å². The fourth-order valence-corrected chi connectivity index (χ4v) is 2.65. The third-order valence-electron chi connectivity index (χ3n) is 4.15. The van der Waals surface area contributed by atoms with Crippen LogP contribution in [0, 0.1) is 5.41 Å². The van der Waals surface area contributed by atoms with Gasteiger partial charge in [-0.25, -0.2) is 4.79 Å². The quantitative estimate of drug-likeness (QED) is 0.516. The van der Waals surface area contributed by atoms with Crippen molar-refractivity contribution < 1.29 is 19.1 Å². The Morgan fingerprint density at radius 1 is 1.20 bits per heavy atom. The van der Waals surface area contributed by atoms with Gasteiger partial charge in [-0.2, -0.15) is 0 Å². The highest BCUT2D eigenvalue weighted by Crippen LogP contribution is 2.36. The molecule has 1 aromatic carbocycles. The number of nitrogens with one attached hydrogen (secondary N) is 1. The van der Waals surface area contributed by atoms with Crippen molar-refractivity contribution in [3.05, 3.63) is 42.0 Å². The first-order valence-corrected chi connectivity index (χ1v) is 8.27. The summed E-state index contributed by atoms with van der Waals surface area (Å²) in [5, 5.41) is 2.95. The minimum Gasteiger partial charge on any atom is -0.456 e. The molecule has 1 atom stereocenters. The minimum atomic E-state index is -0.923. The van der Waals surface area contributed by atoms with E-state index >= 15 is 0 Å². The molecule has 5 heteroatoms. The molecule has 0 heterocycles. The Bertz CT molecular complexity index is 723. The van der Waals surface area contributed by atoms with Crippen LogP contribution in [-0.2, 0) is 14.3 Å². The average molecular weight is 343 g/mol. The molecule has 0 amide bonds. The van der Waals surface area contributed by atoms with Crippen LogP contribution in [0.3, 0.4) is 0 Å². The molecule has 5 nitrogen and oxygen atoms in total. The Kier molecular flexibility index (Phi) is 4.89. The molecule has 0 saturated heterocycles. The second-order valence-corrected chi connectivity index (χ2v) is 8.03. The SMILES string of the molecule is C=C1C(=O)C(Nc2ccc(C(=O)OC(C)(C)C)cc2)C(=O)CC1(C)C. The minimum absolute atomic E-state index is 0.154. The predicted molar refractivity (Wildman–Crippen MR) is 96.6 cm³/mol. The molecule has 0 bridgehead atoms. The number of benzene rings is 1. The van der Waals surface area contributed by atoms with Crippen LogP contribution >= 0.6 is 0 Å². The average Bonchev–Trinajstić information content (AvgIpc) is 2.48. The van der Waals surface area contributed by atoms with Gasteiger partial charge in [0.2, 0.25) is 0 Å². The van der Waals surface area contributed by atoms with Gasteiger partial charge < -0.3 is 10.1 Å². The standard InChI is InChI=1S/C20H25NO4/c1-12-17(23)16(15(22)11-20(12,5)6)21-14-9-7-13(8-10-14)18(24)25-19(2,3)4/h7-10,16,21H,1,11H2,2-6H3. The van der Waals surface area contributed by atoms with E-state index in [9.17, 15) is 14.4 Å². The number of rotatable bonds is 3. The number of esters is 1. The van der Waals surface area contributed by atoms with Crippen molar-refractivity contribution >= 4 is 23.2 Å².